The van der Waals surface area contributed by atoms with Crippen molar-refractivity contribution in [1.29, 1.82) is 5.41 Å². The molecule has 0 radical (unpaired) electrons. The second kappa shape index (κ2) is 8.09. The van der Waals surface area contributed by atoms with E-state index < -0.39 is 0 Å². The minimum Gasteiger partial charge on any atom is -0.493 e. The molecule has 1 atom stereocenters. The van der Waals surface area contributed by atoms with Crippen LogP contribution in [0, 0.1) is 11.2 Å². The first kappa shape index (κ1) is 18.6. The van der Waals surface area contributed by atoms with Gasteiger partial charge in [0.1, 0.15) is 5.82 Å². The molecule has 3 heterocycles. The van der Waals surface area contributed by atoms with E-state index in [1.165, 1.54) is 18.5 Å². The van der Waals surface area contributed by atoms with Gasteiger partial charge in [0.25, 0.3) is 0 Å². The molecule has 1 aromatic carbocycles. The van der Waals surface area contributed by atoms with Gasteiger partial charge in [-0.25, -0.2) is 4.39 Å². The third kappa shape index (κ3) is 4.08. The van der Waals surface area contributed by atoms with Gasteiger partial charge in [0.05, 0.1) is 29.0 Å². The van der Waals surface area contributed by atoms with E-state index in [2.05, 4.69) is 20.3 Å². The number of allylic oxidation sites excluding steroid dienone is 1. The van der Waals surface area contributed by atoms with Gasteiger partial charge < -0.3 is 25.5 Å². The number of anilines is 1. The number of para-hydroxylation sites is 1. The maximum Gasteiger partial charge on any atom is 0.326 e. The number of hydrogen-bond donors (Lipinski definition) is 3. The SMILES string of the molecule is N=C/C(=C\N[C@H]1CCN(c2ccccc2F)C1)Oc1nc(O)c2ccncc2n1. The summed E-state index contributed by atoms with van der Waals surface area (Å²) in [7, 11) is 0. The number of aromatic hydroxyl groups is 1. The van der Waals surface area contributed by atoms with Crippen LogP contribution in [0.1, 0.15) is 6.42 Å². The number of hydrogen-bond acceptors (Lipinski definition) is 8. The normalized spacial score (nSPS) is 16.8. The Morgan fingerprint density at radius 1 is 1.31 bits per heavy atom. The van der Waals surface area contributed by atoms with Gasteiger partial charge in [-0.15, -0.1) is 0 Å². The van der Waals surface area contributed by atoms with Crippen molar-refractivity contribution in [3.63, 3.8) is 0 Å². The number of rotatable bonds is 6. The third-order valence-electron chi connectivity index (χ3n) is 4.65. The van der Waals surface area contributed by atoms with Crippen molar-refractivity contribution in [2.45, 2.75) is 12.5 Å². The first-order valence-corrected chi connectivity index (χ1v) is 9.09. The lowest BCUT2D eigenvalue weighted by atomic mass is 10.2. The molecular formula is C20H19FN6O2. The maximum atomic E-state index is 14.0. The van der Waals surface area contributed by atoms with Crippen LogP contribution in [0.2, 0.25) is 0 Å². The van der Waals surface area contributed by atoms with Gasteiger partial charge in [0.15, 0.2) is 5.76 Å². The second-order valence-electron chi connectivity index (χ2n) is 6.57. The number of fused-ring (bicyclic) bond motifs is 1. The number of pyridine rings is 1. The number of aromatic nitrogens is 3. The van der Waals surface area contributed by atoms with E-state index in [1.54, 1.807) is 24.4 Å². The molecule has 1 aliphatic rings. The molecule has 1 fully saturated rings. The van der Waals surface area contributed by atoms with Gasteiger partial charge >= 0.3 is 6.01 Å². The number of nitrogens with zero attached hydrogens (tertiary/aromatic N) is 4. The zero-order chi connectivity index (χ0) is 20.2. The summed E-state index contributed by atoms with van der Waals surface area (Å²) in [6.45, 7) is 1.35. The van der Waals surface area contributed by atoms with E-state index in [1.807, 2.05) is 11.0 Å². The van der Waals surface area contributed by atoms with Gasteiger partial charge in [0, 0.05) is 31.5 Å². The number of ether oxygens (including phenoxy) is 1. The van der Waals surface area contributed by atoms with Crippen LogP contribution in [0.25, 0.3) is 10.9 Å². The van der Waals surface area contributed by atoms with E-state index in [0.29, 0.717) is 23.1 Å². The summed E-state index contributed by atoms with van der Waals surface area (Å²) in [5.41, 5.74) is 1.02. The molecule has 148 valence electrons. The highest BCUT2D eigenvalue weighted by atomic mass is 19.1. The highest BCUT2D eigenvalue weighted by Gasteiger charge is 2.23. The van der Waals surface area contributed by atoms with Crippen molar-refractivity contribution in [1.82, 2.24) is 20.3 Å². The lowest BCUT2D eigenvalue weighted by Gasteiger charge is -2.19. The molecule has 0 aliphatic carbocycles. The molecule has 2 aromatic heterocycles. The highest BCUT2D eigenvalue weighted by Crippen LogP contribution is 2.24. The van der Waals surface area contributed by atoms with Crippen LogP contribution in [0.5, 0.6) is 11.9 Å². The van der Waals surface area contributed by atoms with Crippen molar-refractivity contribution in [3.05, 3.63) is 60.5 Å². The summed E-state index contributed by atoms with van der Waals surface area (Å²) >= 11 is 0. The van der Waals surface area contributed by atoms with Gasteiger partial charge in [-0.3, -0.25) is 4.98 Å². The van der Waals surface area contributed by atoms with Crippen molar-refractivity contribution in [2.24, 2.45) is 0 Å². The molecule has 0 amide bonds. The van der Waals surface area contributed by atoms with Crippen LogP contribution in [0.4, 0.5) is 10.1 Å². The van der Waals surface area contributed by atoms with Gasteiger partial charge in [-0.1, -0.05) is 12.1 Å². The molecule has 29 heavy (non-hydrogen) atoms. The second-order valence-corrected chi connectivity index (χ2v) is 6.57. The van der Waals surface area contributed by atoms with Crippen LogP contribution in [0.15, 0.2) is 54.7 Å². The van der Waals surface area contributed by atoms with Crippen LogP contribution in [-0.2, 0) is 0 Å². The molecule has 3 N–H and O–H groups in total. The molecule has 0 spiro atoms. The summed E-state index contributed by atoms with van der Waals surface area (Å²) in [6.07, 6.45) is 6.41. The Kier molecular flexibility index (Phi) is 5.19. The van der Waals surface area contributed by atoms with Gasteiger partial charge in [0.2, 0.25) is 5.88 Å². The maximum absolute atomic E-state index is 14.0. The topological polar surface area (TPSA) is 107 Å². The highest BCUT2D eigenvalue weighted by molar-refractivity contribution is 5.82. The summed E-state index contributed by atoms with van der Waals surface area (Å²) in [5, 5.41) is 21.2. The molecule has 9 heteroatoms. The molecule has 3 aromatic rings. The number of benzene rings is 1. The Hall–Kier alpha value is -3.75. The lowest BCUT2D eigenvalue weighted by molar-refractivity contribution is 0.393. The third-order valence-corrected chi connectivity index (χ3v) is 4.65. The first-order chi connectivity index (χ1) is 14.1. The quantitative estimate of drug-likeness (QED) is 0.436. The van der Waals surface area contributed by atoms with Crippen LogP contribution in [-0.4, -0.2) is 45.4 Å². The van der Waals surface area contributed by atoms with E-state index in [4.69, 9.17) is 10.1 Å². The van der Waals surface area contributed by atoms with Crippen LogP contribution < -0.4 is 15.0 Å². The Bertz CT molecular complexity index is 1070. The predicted molar refractivity (Wildman–Crippen MR) is 107 cm³/mol. The van der Waals surface area contributed by atoms with E-state index in [0.717, 1.165) is 19.2 Å². The average molecular weight is 394 g/mol. The predicted octanol–water partition coefficient (Wildman–Crippen LogP) is 2.61. The van der Waals surface area contributed by atoms with Crippen LogP contribution in [0.3, 0.4) is 0 Å². The fourth-order valence-electron chi connectivity index (χ4n) is 3.22. The number of halogens is 1. The summed E-state index contributed by atoms with van der Waals surface area (Å²) in [6, 6.07) is 8.29. The summed E-state index contributed by atoms with van der Waals surface area (Å²) < 4.78 is 19.5. The van der Waals surface area contributed by atoms with Gasteiger partial charge in [-0.2, -0.15) is 9.97 Å². The average Bonchev–Trinajstić information content (AvgIpc) is 3.20. The standard InChI is InChI=1S/C20H19FN6O2/c21-16-3-1-2-4-18(16)27-8-6-13(12-27)24-10-14(9-22)29-20-25-17-11-23-7-5-15(17)19(28)26-20/h1-5,7,9-11,13,22,24H,6,8,12H2,(H,25,26,28)/b14-10+,22-9?/t13-/m0/s1. The summed E-state index contributed by atoms with van der Waals surface area (Å²) in [5.74, 6) is -0.284. The Balaban J connectivity index is 1.43. The minimum atomic E-state index is -0.241. The lowest BCUT2D eigenvalue weighted by Crippen LogP contribution is -2.30. The Morgan fingerprint density at radius 3 is 3.00 bits per heavy atom. The smallest absolute Gasteiger partial charge is 0.326 e. The molecule has 0 bridgehead atoms. The van der Waals surface area contributed by atoms with Crippen molar-refractivity contribution in [3.8, 4) is 11.9 Å². The van der Waals surface area contributed by atoms with Crippen molar-refractivity contribution >= 4 is 22.8 Å². The Morgan fingerprint density at radius 2 is 2.17 bits per heavy atom. The van der Waals surface area contributed by atoms with E-state index in [-0.39, 0.29) is 29.5 Å². The molecule has 0 saturated carbocycles. The van der Waals surface area contributed by atoms with Crippen molar-refractivity contribution in [2.75, 3.05) is 18.0 Å². The molecule has 8 nitrogen and oxygen atoms in total. The molecule has 4 rings (SSSR count). The fraction of sp³-hybridized carbons (Fsp3) is 0.200. The van der Waals surface area contributed by atoms with Gasteiger partial charge in [-0.05, 0) is 24.6 Å². The first-order valence-electron chi connectivity index (χ1n) is 9.09. The zero-order valence-electron chi connectivity index (χ0n) is 15.4. The van der Waals surface area contributed by atoms with E-state index in [9.17, 15) is 9.50 Å². The van der Waals surface area contributed by atoms with E-state index >= 15 is 0 Å². The minimum absolute atomic E-state index is 0.0725. The summed E-state index contributed by atoms with van der Waals surface area (Å²) in [4.78, 5) is 14.0. The zero-order valence-corrected chi connectivity index (χ0v) is 15.4. The monoisotopic (exact) mass is 394 g/mol. The molecule has 0 unspecified atom stereocenters. The molecule has 1 aliphatic heterocycles. The number of nitrogens with one attached hydrogen (secondary N) is 2. The van der Waals surface area contributed by atoms with Crippen molar-refractivity contribution < 1.29 is 14.2 Å². The molecule has 1 saturated heterocycles. The van der Waals surface area contributed by atoms with Crippen LogP contribution >= 0.6 is 0 Å². The molecular weight excluding hydrogens is 375 g/mol. The Labute approximate surface area is 166 Å². The largest absolute Gasteiger partial charge is 0.493 e. The fourth-order valence-corrected chi connectivity index (χ4v) is 3.22.